The Hall–Kier alpha value is -1.46. The summed E-state index contributed by atoms with van der Waals surface area (Å²) in [5.41, 5.74) is -0.589. The quantitative estimate of drug-likeness (QED) is 0.271. The third-order valence-corrected chi connectivity index (χ3v) is 2.02. The number of carbonyl (C=O) groups excluding carboxylic acids is 1. The van der Waals surface area contributed by atoms with Gasteiger partial charge < -0.3 is 14.9 Å². The molecule has 0 aliphatic rings. The van der Waals surface area contributed by atoms with E-state index >= 15 is 0 Å². The Kier molecular flexibility index (Phi) is 3.85. The molecule has 1 aromatic rings. The molecule has 17 heavy (non-hydrogen) atoms. The molecule has 0 amide bonds. The summed E-state index contributed by atoms with van der Waals surface area (Å²) in [7, 11) is 0. The predicted octanol–water partition coefficient (Wildman–Crippen LogP) is 2.31. The molecule has 1 aromatic heterocycles. The van der Waals surface area contributed by atoms with E-state index in [0.29, 0.717) is 0 Å². The molecular formula is C7H2F3IN2O4. The van der Waals surface area contributed by atoms with Gasteiger partial charge in [0, 0.05) is 28.7 Å². The number of aromatic nitrogens is 1. The smallest absolute Gasteiger partial charge is 0.396 e. The number of hydrogen-bond acceptors (Lipinski definition) is 5. The molecule has 0 atom stereocenters. The number of carbonyl (C=O) groups is 1. The fourth-order valence-electron chi connectivity index (χ4n) is 0.939. The fourth-order valence-corrected chi connectivity index (χ4v) is 1.50. The Morgan fingerprint density at radius 2 is 2.12 bits per heavy atom. The van der Waals surface area contributed by atoms with Gasteiger partial charge in [-0.05, 0) is 9.91 Å². The zero-order valence-corrected chi connectivity index (χ0v) is 9.85. The maximum absolute atomic E-state index is 12.0. The Bertz CT molecular complexity index is 477. The van der Waals surface area contributed by atoms with E-state index in [4.69, 9.17) is 0 Å². The number of aldehydes is 1. The molecule has 0 fully saturated rings. The van der Waals surface area contributed by atoms with E-state index in [1.54, 1.807) is 0 Å². The largest absolute Gasteiger partial charge is 0.573 e. The van der Waals surface area contributed by atoms with Crippen LogP contribution in [0.25, 0.3) is 0 Å². The lowest BCUT2D eigenvalue weighted by Crippen LogP contribution is -2.19. The number of nitrogens with zero attached hydrogens (tertiary/aromatic N) is 2. The van der Waals surface area contributed by atoms with Crippen LogP contribution in [-0.4, -0.2) is 22.6 Å². The zero-order chi connectivity index (χ0) is 13.2. The Morgan fingerprint density at radius 1 is 1.53 bits per heavy atom. The highest BCUT2D eigenvalue weighted by atomic mass is 127. The van der Waals surface area contributed by atoms with Crippen LogP contribution in [-0.2, 0) is 0 Å². The standard InChI is InChI=1S/C7H2F3IN2O4/c8-7(9,10)17-5-3(2-14)1-4(11)12-6(5)13(15)16/h1-2H. The number of rotatable bonds is 3. The van der Waals surface area contributed by atoms with E-state index in [0.717, 1.165) is 6.07 Å². The molecule has 0 aliphatic heterocycles. The SMILES string of the molecule is O=Cc1cc(I)nc([N+](=O)[O-])c1OC(F)(F)F. The lowest BCUT2D eigenvalue weighted by atomic mass is 10.2. The summed E-state index contributed by atoms with van der Waals surface area (Å²) >= 11 is 1.53. The van der Waals surface area contributed by atoms with Crippen LogP contribution in [0, 0.1) is 13.8 Å². The molecule has 0 saturated heterocycles. The lowest BCUT2D eigenvalue weighted by molar-refractivity contribution is -0.393. The number of nitro groups is 1. The molecule has 92 valence electrons. The van der Waals surface area contributed by atoms with Crippen LogP contribution < -0.4 is 4.74 Å². The van der Waals surface area contributed by atoms with Crippen molar-refractivity contribution < 1.29 is 27.6 Å². The molecule has 10 heteroatoms. The molecule has 6 nitrogen and oxygen atoms in total. The minimum absolute atomic E-state index is 0.00549. The Balaban J connectivity index is 3.42. The van der Waals surface area contributed by atoms with Crippen molar-refractivity contribution in [1.29, 1.82) is 0 Å². The van der Waals surface area contributed by atoms with Crippen molar-refractivity contribution in [3.8, 4) is 5.75 Å². The van der Waals surface area contributed by atoms with Gasteiger partial charge in [0.25, 0.3) is 0 Å². The van der Waals surface area contributed by atoms with Gasteiger partial charge in [0.1, 0.15) is 0 Å². The van der Waals surface area contributed by atoms with Crippen molar-refractivity contribution in [2.24, 2.45) is 0 Å². The van der Waals surface area contributed by atoms with Crippen LogP contribution in [0.1, 0.15) is 10.4 Å². The van der Waals surface area contributed by atoms with Crippen LogP contribution in [0.2, 0.25) is 0 Å². The molecule has 1 rings (SSSR count). The first-order valence-electron chi connectivity index (χ1n) is 3.80. The Morgan fingerprint density at radius 3 is 2.53 bits per heavy atom. The first-order chi connectivity index (χ1) is 7.74. The third kappa shape index (κ3) is 3.51. The topological polar surface area (TPSA) is 82.3 Å². The van der Waals surface area contributed by atoms with E-state index in [2.05, 4.69) is 9.72 Å². The zero-order valence-electron chi connectivity index (χ0n) is 7.69. The van der Waals surface area contributed by atoms with Crippen molar-refractivity contribution in [3.63, 3.8) is 0 Å². The fraction of sp³-hybridized carbons (Fsp3) is 0.143. The summed E-state index contributed by atoms with van der Waals surface area (Å²) in [4.78, 5) is 23.2. The highest BCUT2D eigenvalue weighted by molar-refractivity contribution is 14.1. The van der Waals surface area contributed by atoms with Crippen LogP contribution in [0.15, 0.2) is 6.07 Å². The summed E-state index contributed by atoms with van der Waals surface area (Å²) in [6, 6.07) is 0.946. The van der Waals surface area contributed by atoms with Gasteiger partial charge in [-0.2, -0.15) is 0 Å². The minimum Gasteiger partial charge on any atom is -0.396 e. The van der Waals surface area contributed by atoms with E-state index in [-0.39, 0.29) is 9.99 Å². The predicted molar refractivity (Wildman–Crippen MR) is 55.7 cm³/mol. The number of halogens is 4. The first-order valence-corrected chi connectivity index (χ1v) is 4.88. The van der Waals surface area contributed by atoms with Gasteiger partial charge in [-0.15, -0.1) is 13.2 Å². The van der Waals surface area contributed by atoms with Gasteiger partial charge in [0.2, 0.25) is 9.45 Å². The van der Waals surface area contributed by atoms with Gasteiger partial charge in [-0.1, -0.05) is 0 Å². The summed E-state index contributed by atoms with van der Waals surface area (Å²) in [6.45, 7) is 0. The molecule has 0 bridgehead atoms. The highest BCUT2D eigenvalue weighted by Gasteiger charge is 2.37. The average Bonchev–Trinajstić information content (AvgIpc) is 2.17. The van der Waals surface area contributed by atoms with Crippen molar-refractivity contribution in [1.82, 2.24) is 4.98 Å². The summed E-state index contributed by atoms with van der Waals surface area (Å²) in [5, 5.41) is 10.5. The molecule has 0 N–H and O–H groups in total. The molecule has 0 radical (unpaired) electrons. The normalized spacial score (nSPS) is 11.1. The monoisotopic (exact) mass is 362 g/mol. The molecule has 0 unspecified atom stereocenters. The maximum Gasteiger partial charge on any atom is 0.573 e. The van der Waals surface area contributed by atoms with Crippen LogP contribution in [0.4, 0.5) is 19.0 Å². The lowest BCUT2D eigenvalue weighted by Gasteiger charge is -2.10. The average molecular weight is 362 g/mol. The van der Waals surface area contributed by atoms with Crippen molar-refractivity contribution >= 4 is 34.7 Å². The molecule has 0 spiro atoms. The van der Waals surface area contributed by atoms with Crippen molar-refractivity contribution in [2.45, 2.75) is 6.36 Å². The summed E-state index contributed by atoms with van der Waals surface area (Å²) in [6.07, 6.45) is -5.12. The van der Waals surface area contributed by atoms with E-state index in [1.807, 2.05) is 0 Å². The van der Waals surface area contributed by atoms with Gasteiger partial charge >= 0.3 is 12.2 Å². The van der Waals surface area contributed by atoms with E-state index in [1.165, 1.54) is 22.6 Å². The van der Waals surface area contributed by atoms with Gasteiger partial charge in [-0.25, -0.2) is 0 Å². The van der Waals surface area contributed by atoms with Gasteiger partial charge in [0.05, 0.1) is 5.56 Å². The molecule has 0 aliphatic carbocycles. The number of hydrogen-bond donors (Lipinski definition) is 0. The first kappa shape index (κ1) is 13.6. The molecule has 1 heterocycles. The molecule has 0 aromatic carbocycles. The van der Waals surface area contributed by atoms with Gasteiger partial charge in [0.15, 0.2) is 6.29 Å². The van der Waals surface area contributed by atoms with E-state index < -0.39 is 28.4 Å². The summed E-state index contributed by atoms with van der Waals surface area (Å²) in [5.74, 6) is -2.37. The number of alkyl halides is 3. The second-order valence-electron chi connectivity index (χ2n) is 2.61. The van der Waals surface area contributed by atoms with Crippen LogP contribution in [0.5, 0.6) is 5.75 Å². The maximum atomic E-state index is 12.0. The number of pyridine rings is 1. The summed E-state index contributed by atoms with van der Waals surface area (Å²) < 4.78 is 39.5. The molecule has 0 saturated carbocycles. The number of ether oxygens (including phenoxy) is 1. The third-order valence-electron chi connectivity index (χ3n) is 1.47. The highest BCUT2D eigenvalue weighted by Crippen LogP contribution is 2.33. The second kappa shape index (κ2) is 4.81. The van der Waals surface area contributed by atoms with Crippen LogP contribution in [0.3, 0.4) is 0 Å². The molecular weight excluding hydrogens is 360 g/mol. The van der Waals surface area contributed by atoms with E-state index in [9.17, 15) is 28.1 Å². The van der Waals surface area contributed by atoms with Gasteiger partial charge in [-0.3, -0.25) is 4.79 Å². The van der Waals surface area contributed by atoms with Crippen molar-refractivity contribution in [3.05, 3.63) is 25.4 Å². The van der Waals surface area contributed by atoms with Crippen molar-refractivity contribution in [2.75, 3.05) is 0 Å². The second-order valence-corrected chi connectivity index (χ2v) is 3.71. The Labute approximate surface area is 105 Å². The van der Waals surface area contributed by atoms with Crippen LogP contribution >= 0.6 is 22.6 Å². The minimum atomic E-state index is -5.14.